The van der Waals surface area contributed by atoms with E-state index >= 15 is 0 Å². The molecule has 2 rings (SSSR count). The fraction of sp³-hybridized carbons (Fsp3) is 0.400. The molecule has 0 aliphatic carbocycles. The zero-order valence-electron chi connectivity index (χ0n) is 10.6. The minimum Gasteiger partial charge on any atom is -0.327 e. The quantitative estimate of drug-likeness (QED) is 0.466. The highest BCUT2D eigenvalue weighted by Gasteiger charge is 2.06. The maximum absolute atomic E-state index is 5.61. The number of para-hydroxylation sites is 2. The molecule has 1 heterocycles. The van der Waals surface area contributed by atoms with Crippen molar-refractivity contribution in [2.45, 2.75) is 32.7 Å². The molecule has 0 unspecified atom stereocenters. The second-order valence-corrected chi connectivity index (χ2v) is 4.46. The summed E-state index contributed by atoms with van der Waals surface area (Å²) in [6.07, 6.45) is 2.54. The molecule has 0 spiro atoms. The molecule has 0 aliphatic rings. The Morgan fingerprint density at radius 3 is 2.89 bits per heavy atom. The Labute approximate surface area is 113 Å². The molecule has 18 heavy (non-hydrogen) atoms. The van der Waals surface area contributed by atoms with Crippen LogP contribution >= 0.6 is 11.6 Å². The fourth-order valence-corrected chi connectivity index (χ4v) is 2.13. The van der Waals surface area contributed by atoms with Crippen molar-refractivity contribution in [1.82, 2.24) is 9.55 Å². The molecule has 1 aromatic carbocycles. The van der Waals surface area contributed by atoms with Crippen molar-refractivity contribution < 1.29 is 0 Å². The van der Waals surface area contributed by atoms with E-state index in [1.807, 2.05) is 18.2 Å². The number of fused-ring (bicyclic) bond motifs is 1. The van der Waals surface area contributed by atoms with Crippen LogP contribution in [0, 0.1) is 11.8 Å². The predicted octanol–water partition coefficient (Wildman–Crippen LogP) is 3.62. The molecular formula is C15H17ClN2. The third kappa shape index (κ3) is 2.86. The molecular weight excluding hydrogens is 244 g/mol. The highest BCUT2D eigenvalue weighted by molar-refractivity contribution is 6.17. The van der Waals surface area contributed by atoms with Crippen LogP contribution in [0.3, 0.4) is 0 Å². The van der Waals surface area contributed by atoms with Crippen molar-refractivity contribution in [2.24, 2.45) is 0 Å². The maximum atomic E-state index is 5.61. The van der Waals surface area contributed by atoms with E-state index in [0.29, 0.717) is 12.3 Å². The first kappa shape index (κ1) is 13.0. The molecule has 0 radical (unpaired) electrons. The van der Waals surface area contributed by atoms with Gasteiger partial charge in [0.15, 0.2) is 0 Å². The van der Waals surface area contributed by atoms with E-state index < -0.39 is 0 Å². The average Bonchev–Trinajstić information content (AvgIpc) is 2.76. The zero-order valence-corrected chi connectivity index (χ0v) is 11.4. The summed E-state index contributed by atoms with van der Waals surface area (Å²) in [5, 5.41) is 0. The number of imidazole rings is 1. The van der Waals surface area contributed by atoms with Crippen molar-refractivity contribution in [2.75, 3.05) is 5.88 Å². The summed E-state index contributed by atoms with van der Waals surface area (Å²) in [7, 11) is 0. The maximum Gasteiger partial charge on any atom is 0.121 e. The molecule has 0 saturated heterocycles. The number of hydrogen-bond acceptors (Lipinski definition) is 1. The molecule has 0 N–H and O–H groups in total. The second-order valence-electron chi connectivity index (χ2n) is 4.08. The molecule has 0 atom stereocenters. The van der Waals surface area contributed by atoms with Crippen LogP contribution in [-0.2, 0) is 13.0 Å². The van der Waals surface area contributed by atoms with Gasteiger partial charge in [0.05, 0.1) is 17.5 Å². The first-order valence-corrected chi connectivity index (χ1v) is 6.86. The summed E-state index contributed by atoms with van der Waals surface area (Å²) < 4.78 is 2.23. The highest BCUT2D eigenvalue weighted by Crippen LogP contribution is 2.15. The van der Waals surface area contributed by atoms with Gasteiger partial charge in [-0.2, -0.15) is 0 Å². The summed E-state index contributed by atoms with van der Waals surface area (Å²) in [5.41, 5.74) is 2.24. The van der Waals surface area contributed by atoms with E-state index in [2.05, 4.69) is 34.4 Å². The number of aryl methyl sites for hydroxylation is 1. The number of halogens is 1. The molecule has 3 heteroatoms. The lowest BCUT2D eigenvalue weighted by Crippen LogP contribution is -2.00. The molecule has 0 bridgehead atoms. The Balaban J connectivity index is 2.19. The lowest BCUT2D eigenvalue weighted by atomic mass is 10.3. The summed E-state index contributed by atoms with van der Waals surface area (Å²) in [4.78, 5) is 4.64. The van der Waals surface area contributed by atoms with Gasteiger partial charge in [0.25, 0.3) is 0 Å². The van der Waals surface area contributed by atoms with Crippen LogP contribution in [0.5, 0.6) is 0 Å². The topological polar surface area (TPSA) is 17.8 Å². The molecule has 0 amide bonds. The highest BCUT2D eigenvalue weighted by atomic mass is 35.5. The lowest BCUT2D eigenvalue weighted by molar-refractivity contribution is 0.740. The van der Waals surface area contributed by atoms with Gasteiger partial charge in [-0.25, -0.2) is 4.98 Å². The molecule has 1 aromatic heterocycles. The van der Waals surface area contributed by atoms with Crippen LogP contribution in [0.25, 0.3) is 11.0 Å². The van der Waals surface area contributed by atoms with Crippen molar-refractivity contribution in [3.8, 4) is 11.8 Å². The summed E-state index contributed by atoms with van der Waals surface area (Å²) in [6, 6.07) is 8.22. The summed E-state index contributed by atoms with van der Waals surface area (Å²) in [6.45, 7) is 3.07. The minimum atomic E-state index is 0.683. The third-order valence-electron chi connectivity index (χ3n) is 2.86. The van der Waals surface area contributed by atoms with Gasteiger partial charge in [-0.3, -0.25) is 0 Å². The van der Waals surface area contributed by atoms with Crippen molar-refractivity contribution in [3.05, 3.63) is 30.1 Å². The van der Waals surface area contributed by atoms with Crippen LogP contribution in [-0.4, -0.2) is 15.4 Å². The first-order chi connectivity index (χ1) is 8.86. The van der Waals surface area contributed by atoms with Gasteiger partial charge in [-0.05, 0) is 25.5 Å². The Hall–Kier alpha value is -1.46. The van der Waals surface area contributed by atoms with Crippen LogP contribution < -0.4 is 0 Å². The van der Waals surface area contributed by atoms with Crippen molar-refractivity contribution in [3.63, 3.8) is 0 Å². The fourth-order valence-electron chi connectivity index (χ4n) is 2.00. The Morgan fingerprint density at radius 2 is 2.11 bits per heavy atom. The SMILES string of the molecule is CCn1c(CC#CCCCCl)nc2ccccc21. The van der Waals surface area contributed by atoms with Gasteiger partial charge in [0.2, 0.25) is 0 Å². The number of unbranched alkanes of at least 4 members (excludes halogenated alkanes) is 1. The zero-order chi connectivity index (χ0) is 12.8. The van der Waals surface area contributed by atoms with Crippen molar-refractivity contribution >= 4 is 22.6 Å². The van der Waals surface area contributed by atoms with E-state index in [-0.39, 0.29) is 0 Å². The van der Waals surface area contributed by atoms with E-state index in [1.54, 1.807) is 0 Å². The molecule has 0 fully saturated rings. The molecule has 0 aliphatic heterocycles. The second kappa shape index (κ2) is 6.47. The number of hydrogen-bond donors (Lipinski definition) is 0. The van der Waals surface area contributed by atoms with E-state index in [1.165, 1.54) is 5.52 Å². The number of benzene rings is 1. The minimum absolute atomic E-state index is 0.683. The number of rotatable bonds is 4. The summed E-state index contributed by atoms with van der Waals surface area (Å²) in [5.74, 6) is 8.06. The van der Waals surface area contributed by atoms with Gasteiger partial charge in [0, 0.05) is 18.8 Å². The normalized spacial score (nSPS) is 10.3. The van der Waals surface area contributed by atoms with Crippen LogP contribution in [0.15, 0.2) is 24.3 Å². The van der Waals surface area contributed by atoms with Crippen LogP contribution in [0.4, 0.5) is 0 Å². The predicted molar refractivity (Wildman–Crippen MR) is 76.8 cm³/mol. The Kier molecular flexibility index (Phi) is 4.66. The van der Waals surface area contributed by atoms with Gasteiger partial charge in [-0.1, -0.05) is 18.1 Å². The van der Waals surface area contributed by atoms with E-state index in [4.69, 9.17) is 11.6 Å². The third-order valence-corrected chi connectivity index (χ3v) is 3.12. The molecule has 2 aromatic rings. The standard InChI is InChI=1S/C15H17ClN2/c1-2-18-14-10-7-6-9-13(14)17-15(18)11-5-3-4-8-12-16/h6-7,9-10H,2,4,8,11-12H2,1H3. The van der Waals surface area contributed by atoms with Gasteiger partial charge >= 0.3 is 0 Å². The van der Waals surface area contributed by atoms with Crippen molar-refractivity contribution in [1.29, 1.82) is 0 Å². The molecule has 2 nitrogen and oxygen atoms in total. The first-order valence-electron chi connectivity index (χ1n) is 6.32. The smallest absolute Gasteiger partial charge is 0.121 e. The van der Waals surface area contributed by atoms with E-state index in [0.717, 1.165) is 30.7 Å². The average molecular weight is 261 g/mol. The number of alkyl halides is 1. The monoisotopic (exact) mass is 260 g/mol. The van der Waals surface area contributed by atoms with Gasteiger partial charge in [0.1, 0.15) is 5.82 Å². The molecule has 94 valence electrons. The van der Waals surface area contributed by atoms with E-state index in [9.17, 15) is 0 Å². The Morgan fingerprint density at radius 1 is 1.28 bits per heavy atom. The van der Waals surface area contributed by atoms with Gasteiger partial charge < -0.3 is 4.57 Å². The summed E-state index contributed by atoms with van der Waals surface area (Å²) >= 11 is 5.61. The largest absolute Gasteiger partial charge is 0.327 e. The lowest BCUT2D eigenvalue weighted by Gasteiger charge is -2.02. The number of aromatic nitrogens is 2. The Bertz CT molecular complexity index is 575. The molecule has 0 saturated carbocycles. The van der Waals surface area contributed by atoms with Crippen LogP contribution in [0.1, 0.15) is 25.6 Å². The van der Waals surface area contributed by atoms with Gasteiger partial charge in [-0.15, -0.1) is 17.5 Å². The number of nitrogens with zero attached hydrogens (tertiary/aromatic N) is 2. The van der Waals surface area contributed by atoms with Crippen LogP contribution in [0.2, 0.25) is 0 Å².